The van der Waals surface area contributed by atoms with Crippen LogP contribution in [0.25, 0.3) is 72.4 Å². The van der Waals surface area contributed by atoms with Gasteiger partial charge in [-0.1, -0.05) is 186 Å². The number of nitrogens with zero attached hydrogens (tertiary/aromatic N) is 2. The van der Waals surface area contributed by atoms with Gasteiger partial charge in [0.1, 0.15) is 0 Å². The maximum atomic E-state index is 4.68. The molecule has 0 atom stereocenters. The van der Waals surface area contributed by atoms with Crippen LogP contribution in [0, 0.1) is 27.7 Å². The van der Waals surface area contributed by atoms with E-state index in [0.29, 0.717) is 0 Å². The summed E-state index contributed by atoms with van der Waals surface area (Å²) in [5.74, 6) is 0. The topological polar surface area (TPSA) is 17.8 Å². The second kappa shape index (κ2) is 22.0. The number of unbranched alkanes of at least 4 members (excludes halogenated alkanes) is 1. The van der Waals surface area contributed by atoms with Crippen molar-refractivity contribution in [1.82, 2.24) is 9.55 Å². The molecule has 0 saturated heterocycles. The van der Waals surface area contributed by atoms with E-state index < -0.39 is 0 Å². The number of rotatable bonds is 5. The first-order chi connectivity index (χ1) is 29.3. The quantitative estimate of drug-likeness (QED) is 0.159. The first-order valence-electron chi connectivity index (χ1n) is 21.5. The lowest BCUT2D eigenvalue weighted by Crippen LogP contribution is -1.96. The molecule has 0 aliphatic rings. The van der Waals surface area contributed by atoms with Crippen molar-refractivity contribution in [2.45, 2.75) is 75.2 Å². The second-order valence-electron chi connectivity index (χ2n) is 14.9. The molecule has 7 aromatic carbocycles. The van der Waals surface area contributed by atoms with E-state index in [4.69, 9.17) is 0 Å². The highest BCUT2D eigenvalue weighted by Crippen LogP contribution is 2.39. The molecule has 0 saturated carbocycles. The molecule has 0 aliphatic heterocycles. The van der Waals surface area contributed by atoms with E-state index in [1.54, 1.807) is 0 Å². The monoisotopic (exact) mass is 786 g/mol. The number of benzene rings is 7. The zero-order chi connectivity index (χ0) is 43.0. The Kier molecular flexibility index (Phi) is 16.4. The van der Waals surface area contributed by atoms with Gasteiger partial charge < -0.3 is 4.57 Å². The van der Waals surface area contributed by atoms with Gasteiger partial charge >= 0.3 is 0 Å². The number of aryl methyl sites for hydroxylation is 4. The van der Waals surface area contributed by atoms with Gasteiger partial charge in [-0.3, -0.25) is 4.98 Å². The third-order valence-corrected chi connectivity index (χ3v) is 10.6. The van der Waals surface area contributed by atoms with E-state index in [9.17, 15) is 0 Å². The van der Waals surface area contributed by atoms with Crippen molar-refractivity contribution in [3.05, 3.63) is 204 Å². The van der Waals surface area contributed by atoms with Crippen molar-refractivity contribution in [2.24, 2.45) is 0 Å². The molecule has 2 heteroatoms. The summed E-state index contributed by atoms with van der Waals surface area (Å²) >= 11 is 0. The van der Waals surface area contributed by atoms with Crippen LogP contribution in [0.15, 0.2) is 171 Å². The van der Waals surface area contributed by atoms with E-state index in [1.165, 1.54) is 84.0 Å². The normalized spacial score (nSPS) is 10.6. The second-order valence-corrected chi connectivity index (χ2v) is 14.9. The molecule has 0 N–H and O–H groups in total. The summed E-state index contributed by atoms with van der Waals surface area (Å²) in [5.41, 5.74) is 13.2. The molecule has 2 aromatic heterocycles. The fourth-order valence-corrected chi connectivity index (χ4v) is 7.18. The fourth-order valence-electron chi connectivity index (χ4n) is 7.18. The van der Waals surface area contributed by atoms with Gasteiger partial charge in [-0.2, -0.15) is 0 Å². The lowest BCUT2D eigenvalue weighted by atomic mass is 9.91. The molecule has 0 spiro atoms. The average Bonchev–Trinajstić information content (AvgIpc) is 3.63. The van der Waals surface area contributed by atoms with Crippen molar-refractivity contribution in [1.29, 1.82) is 0 Å². The van der Waals surface area contributed by atoms with Crippen LogP contribution in [0.1, 0.15) is 80.8 Å². The Balaban J connectivity index is 0.000000267. The van der Waals surface area contributed by atoms with Crippen molar-refractivity contribution in [2.75, 3.05) is 0 Å². The number of para-hydroxylation sites is 1. The van der Waals surface area contributed by atoms with Crippen LogP contribution >= 0.6 is 0 Å². The maximum absolute atomic E-state index is 4.68. The van der Waals surface area contributed by atoms with E-state index in [1.807, 2.05) is 44.3 Å². The van der Waals surface area contributed by atoms with Gasteiger partial charge in [0.25, 0.3) is 0 Å². The molecule has 2 heterocycles. The number of aromatic nitrogens is 2. The number of fused-ring (bicyclic) bond motifs is 6. The molecule has 2 nitrogen and oxygen atoms in total. The Bertz CT molecular complexity index is 2780. The van der Waals surface area contributed by atoms with Crippen LogP contribution in [0.3, 0.4) is 0 Å². The van der Waals surface area contributed by atoms with E-state index >= 15 is 0 Å². The SMILES string of the molecule is C=Cc1c(/C=C\C)c2cc(-n3c4ccccc4c4cc(-c5ccc(C)cn5)ccc43)ccc2c2ccccc12.CC.CCCC.Cc1ccccc1.Cc1ccccc1C. The zero-order valence-electron chi connectivity index (χ0n) is 37.3. The molecule has 0 bridgehead atoms. The zero-order valence-corrected chi connectivity index (χ0v) is 37.3. The third-order valence-electron chi connectivity index (χ3n) is 10.6. The molecule has 60 heavy (non-hydrogen) atoms. The smallest absolute Gasteiger partial charge is 0.0702 e. The average molecular weight is 787 g/mol. The maximum Gasteiger partial charge on any atom is 0.0702 e. The summed E-state index contributed by atoms with van der Waals surface area (Å²) in [5, 5.41) is 7.42. The van der Waals surface area contributed by atoms with E-state index in [0.717, 1.165) is 22.5 Å². The summed E-state index contributed by atoms with van der Waals surface area (Å²) in [7, 11) is 0. The molecule has 0 radical (unpaired) electrons. The summed E-state index contributed by atoms with van der Waals surface area (Å²) in [6, 6.07) is 53.7. The van der Waals surface area contributed by atoms with Crippen molar-refractivity contribution >= 4 is 55.5 Å². The molecule has 9 aromatic rings. The Morgan fingerprint density at radius 1 is 0.517 bits per heavy atom. The number of hydrogen-bond acceptors (Lipinski definition) is 1. The summed E-state index contributed by atoms with van der Waals surface area (Å²) in [6.07, 6.45) is 10.9. The number of allylic oxidation sites excluding steroid dienone is 1. The highest BCUT2D eigenvalue weighted by Gasteiger charge is 2.16. The molecule has 304 valence electrons. The minimum Gasteiger partial charge on any atom is -0.309 e. The fraction of sp³-hybridized carbons (Fsp3) is 0.190. The van der Waals surface area contributed by atoms with Crippen LogP contribution in [0.4, 0.5) is 0 Å². The number of hydrogen-bond donors (Lipinski definition) is 0. The van der Waals surface area contributed by atoms with Gasteiger partial charge in [0, 0.05) is 28.2 Å². The molecular formula is C58H62N2. The van der Waals surface area contributed by atoms with Gasteiger partial charge in [-0.25, -0.2) is 0 Å². The largest absolute Gasteiger partial charge is 0.309 e. The predicted octanol–water partition coefficient (Wildman–Crippen LogP) is 17.3. The van der Waals surface area contributed by atoms with Crippen molar-refractivity contribution in [3.8, 4) is 16.9 Å². The van der Waals surface area contributed by atoms with Gasteiger partial charge in [-0.15, -0.1) is 0 Å². The Morgan fingerprint density at radius 2 is 1.10 bits per heavy atom. The number of pyridine rings is 1. The first kappa shape index (κ1) is 44.6. The molecule has 0 unspecified atom stereocenters. The third kappa shape index (κ3) is 10.4. The van der Waals surface area contributed by atoms with Crippen LogP contribution in [0.2, 0.25) is 0 Å². The summed E-state index contributed by atoms with van der Waals surface area (Å²) < 4.78 is 2.39. The lowest BCUT2D eigenvalue weighted by molar-refractivity contribution is 0.886. The highest BCUT2D eigenvalue weighted by atomic mass is 15.0. The predicted molar refractivity (Wildman–Crippen MR) is 268 cm³/mol. The van der Waals surface area contributed by atoms with Gasteiger partial charge in [0.2, 0.25) is 0 Å². The summed E-state index contributed by atoms with van der Waals surface area (Å²) in [6.45, 7) is 23.0. The van der Waals surface area contributed by atoms with E-state index in [-0.39, 0.29) is 0 Å². The molecular weight excluding hydrogens is 725 g/mol. The van der Waals surface area contributed by atoms with E-state index in [2.05, 4.69) is 210 Å². The van der Waals surface area contributed by atoms with Crippen molar-refractivity contribution < 1.29 is 0 Å². The standard InChI is InChI=1S/C37H28N2.C8H10.C7H8.C4H10.C2H6/c1-4-10-28-27(5-2)29-11-6-7-12-30(29)31-18-17-26(22-33(28)31)39-36-14-9-8-13-32(36)34-21-25(16-20-37(34)39)35-19-15-24(3)23-38-35;1-7-5-3-4-6-8(7)2;1-7-5-3-2-4-6-7;1-3-4-2;1-2/h4-23H,2H2,1,3H3;3-6H,1-2H3;2-6H,1H3;3-4H2,1-2H3;1-2H3/b10-4-;;;;. The highest BCUT2D eigenvalue weighted by molar-refractivity contribution is 6.16. The molecule has 9 rings (SSSR count). The molecule has 0 amide bonds. The van der Waals surface area contributed by atoms with Crippen LogP contribution in [0.5, 0.6) is 0 Å². The Hall–Kier alpha value is -6.51. The molecule has 0 aliphatic carbocycles. The summed E-state index contributed by atoms with van der Waals surface area (Å²) in [4.78, 5) is 4.68. The first-order valence-corrected chi connectivity index (χ1v) is 21.5. The van der Waals surface area contributed by atoms with Crippen LogP contribution in [-0.2, 0) is 0 Å². The van der Waals surface area contributed by atoms with Crippen molar-refractivity contribution in [3.63, 3.8) is 0 Å². The Labute approximate surface area is 359 Å². The van der Waals surface area contributed by atoms with Crippen LogP contribution < -0.4 is 0 Å². The van der Waals surface area contributed by atoms with Gasteiger partial charge in [0.15, 0.2) is 0 Å². The van der Waals surface area contributed by atoms with Gasteiger partial charge in [-0.05, 0) is 120 Å². The Morgan fingerprint density at radius 3 is 1.67 bits per heavy atom. The van der Waals surface area contributed by atoms with Gasteiger partial charge in [0.05, 0.1) is 16.7 Å². The molecule has 0 fully saturated rings. The lowest BCUT2D eigenvalue weighted by Gasteiger charge is -2.16. The minimum atomic E-state index is 0.991. The minimum absolute atomic E-state index is 0.991. The van der Waals surface area contributed by atoms with Crippen LogP contribution in [-0.4, -0.2) is 9.55 Å².